The summed E-state index contributed by atoms with van der Waals surface area (Å²) >= 11 is 0. The van der Waals surface area contributed by atoms with E-state index in [4.69, 9.17) is 0 Å². The number of nitrogens with one attached hydrogen (secondary N) is 1. The fraction of sp³-hybridized carbons (Fsp3) is 0.800. The molecule has 1 fully saturated rings. The Balaban J connectivity index is 2.23. The van der Waals surface area contributed by atoms with Crippen LogP contribution in [0.15, 0.2) is 4.99 Å². The van der Waals surface area contributed by atoms with Crippen LogP contribution in [0.3, 0.4) is 0 Å². The average Bonchev–Trinajstić information content (AvgIpc) is 2.33. The van der Waals surface area contributed by atoms with E-state index in [1.807, 2.05) is 0 Å². The van der Waals surface area contributed by atoms with Crippen LogP contribution in [-0.4, -0.2) is 18.4 Å². The monoisotopic (exact) mass is 96.1 g/mol. The minimum absolute atomic E-state index is 0.681. The quantitative estimate of drug-likeness (QED) is 0.423. The summed E-state index contributed by atoms with van der Waals surface area (Å²) in [6.45, 7) is 3.27. The highest BCUT2D eigenvalue weighted by atomic mass is 15.2. The molecule has 0 saturated carbocycles. The standard InChI is InChI=1S/C5H8N2/c1-3-2-6-5-4(3)7-5/h3-4H,2H2,1H3,(H,6,7). The highest BCUT2D eigenvalue weighted by molar-refractivity contribution is 6.03. The topological polar surface area (TPSA) is 34.3 Å². The average molecular weight is 96.1 g/mol. The molecule has 0 aromatic heterocycles. The molecule has 0 bridgehead atoms. The SMILES string of the molecule is CC1CN=C2NC21. The number of fused-ring (bicyclic) bond motifs is 1. The normalized spacial score (nSPS) is 44.4. The summed E-state index contributed by atoms with van der Waals surface area (Å²) in [4.78, 5) is 4.20. The summed E-state index contributed by atoms with van der Waals surface area (Å²) in [6, 6.07) is 0.681. The maximum Gasteiger partial charge on any atom is 0.120 e. The van der Waals surface area contributed by atoms with Crippen molar-refractivity contribution in [3.05, 3.63) is 0 Å². The van der Waals surface area contributed by atoms with Gasteiger partial charge in [0.05, 0.1) is 6.04 Å². The van der Waals surface area contributed by atoms with E-state index in [9.17, 15) is 0 Å². The smallest absolute Gasteiger partial charge is 0.120 e. The van der Waals surface area contributed by atoms with E-state index in [-0.39, 0.29) is 0 Å². The van der Waals surface area contributed by atoms with Crippen LogP contribution >= 0.6 is 0 Å². The van der Waals surface area contributed by atoms with Crippen LogP contribution in [0.4, 0.5) is 0 Å². The zero-order valence-corrected chi connectivity index (χ0v) is 4.31. The largest absolute Gasteiger partial charge is 0.362 e. The van der Waals surface area contributed by atoms with E-state index in [2.05, 4.69) is 17.2 Å². The van der Waals surface area contributed by atoms with Gasteiger partial charge in [0, 0.05) is 12.5 Å². The number of hydrogen-bond donors (Lipinski definition) is 1. The molecule has 0 radical (unpaired) electrons. The summed E-state index contributed by atoms with van der Waals surface area (Å²) in [5, 5.41) is 3.17. The van der Waals surface area contributed by atoms with Gasteiger partial charge in [-0.3, -0.25) is 4.99 Å². The van der Waals surface area contributed by atoms with Crippen molar-refractivity contribution in [3.8, 4) is 0 Å². The number of rotatable bonds is 0. The van der Waals surface area contributed by atoms with Gasteiger partial charge in [-0.1, -0.05) is 6.92 Å². The number of hydrogen-bond acceptors (Lipinski definition) is 2. The summed E-state index contributed by atoms with van der Waals surface area (Å²) in [5.41, 5.74) is 0. The van der Waals surface area contributed by atoms with Crippen LogP contribution in [0, 0.1) is 5.92 Å². The van der Waals surface area contributed by atoms with Crippen molar-refractivity contribution in [1.29, 1.82) is 0 Å². The van der Waals surface area contributed by atoms with Crippen LogP contribution in [0.1, 0.15) is 6.92 Å². The molecule has 1 saturated heterocycles. The van der Waals surface area contributed by atoms with Crippen LogP contribution in [0.2, 0.25) is 0 Å². The van der Waals surface area contributed by atoms with E-state index >= 15 is 0 Å². The lowest BCUT2D eigenvalue weighted by Crippen LogP contribution is -2.06. The van der Waals surface area contributed by atoms with Crippen molar-refractivity contribution in [2.75, 3.05) is 6.54 Å². The highest BCUT2D eigenvalue weighted by Crippen LogP contribution is 2.21. The van der Waals surface area contributed by atoms with Crippen molar-refractivity contribution in [3.63, 3.8) is 0 Å². The molecule has 2 aliphatic rings. The molecule has 7 heavy (non-hydrogen) atoms. The third-order valence-electron chi connectivity index (χ3n) is 1.63. The summed E-state index contributed by atoms with van der Waals surface area (Å²) in [6.07, 6.45) is 0. The van der Waals surface area contributed by atoms with Gasteiger partial charge in [-0.15, -0.1) is 0 Å². The molecule has 38 valence electrons. The van der Waals surface area contributed by atoms with Gasteiger partial charge in [-0.25, -0.2) is 0 Å². The van der Waals surface area contributed by atoms with E-state index in [1.54, 1.807) is 0 Å². The molecule has 2 atom stereocenters. The third kappa shape index (κ3) is 0.315. The molecule has 2 nitrogen and oxygen atoms in total. The molecule has 0 aromatic rings. The minimum atomic E-state index is 0.681. The number of amidine groups is 1. The molecule has 0 spiro atoms. The maximum absolute atomic E-state index is 4.20. The lowest BCUT2D eigenvalue weighted by molar-refractivity contribution is 0.608. The molecule has 1 N–H and O–H groups in total. The van der Waals surface area contributed by atoms with E-state index in [1.165, 1.54) is 5.84 Å². The molecule has 2 rings (SSSR count). The lowest BCUT2D eigenvalue weighted by Gasteiger charge is -1.95. The first-order chi connectivity index (χ1) is 3.38. The molecule has 0 aliphatic carbocycles. The molecule has 2 heterocycles. The highest BCUT2D eigenvalue weighted by Gasteiger charge is 2.40. The van der Waals surface area contributed by atoms with Gasteiger partial charge in [0.25, 0.3) is 0 Å². The molecule has 0 aromatic carbocycles. The number of nitrogens with zero attached hydrogens (tertiary/aromatic N) is 1. The van der Waals surface area contributed by atoms with Crippen molar-refractivity contribution in [2.24, 2.45) is 10.9 Å². The maximum atomic E-state index is 4.20. The van der Waals surface area contributed by atoms with E-state index < -0.39 is 0 Å². The van der Waals surface area contributed by atoms with Gasteiger partial charge in [0.1, 0.15) is 5.84 Å². The summed E-state index contributed by atoms with van der Waals surface area (Å²) in [7, 11) is 0. The van der Waals surface area contributed by atoms with Gasteiger partial charge in [0.15, 0.2) is 0 Å². The number of aliphatic imine (C=N–C) groups is 1. The zero-order valence-electron chi connectivity index (χ0n) is 4.31. The second-order valence-corrected chi connectivity index (χ2v) is 2.33. The Bertz CT molecular complexity index is 128. The molecule has 2 heteroatoms. The van der Waals surface area contributed by atoms with Crippen molar-refractivity contribution in [2.45, 2.75) is 13.0 Å². The van der Waals surface area contributed by atoms with Crippen molar-refractivity contribution < 1.29 is 0 Å². The first kappa shape index (κ1) is 3.47. The van der Waals surface area contributed by atoms with Crippen LogP contribution in [0.25, 0.3) is 0 Å². The van der Waals surface area contributed by atoms with Gasteiger partial charge < -0.3 is 5.32 Å². The van der Waals surface area contributed by atoms with Crippen molar-refractivity contribution in [1.82, 2.24) is 5.32 Å². The minimum Gasteiger partial charge on any atom is -0.362 e. The van der Waals surface area contributed by atoms with Crippen LogP contribution in [-0.2, 0) is 0 Å². The fourth-order valence-electron chi connectivity index (χ4n) is 1.02. The van der Waals surface area contributed by atoms with Crippen LogP contribution in [0.5, 0.6) is 0 Å². The Morgan fingerprint density at radius 2 is 2.71 bits per heavy atom. The Morgan fingerprint density at radius 1 is 1.86 bits per heavy atom. The second-order valence-electron chi connectivity index (χ2n) is 2.33. The van der Waals surface area contributed by atoms with Gasteiger partial charge in [-0.05, 0) is 0 Å². The molecular weight excluding hydrogens is 88.1 g/mol. The first-order valence-electron chi connectivity index (χ1n) is 2.69. The van der Waals surface area contributed by atoms with E-state index in [0.717, 1.165) is 12.5 Å². The zero-order chi connectivity index (χ0) is 4.85. The Labute approximate surface area is 42.6 Å². The molecule has 2 aliphatic heterocycles. The Hall–Kier alpha value is -0.530. The fourth-order valence-corrected chi connectivity index (χ4v) is 1.02. The van der Waals surface area contributed by atoms with Crippen molar-refractivity contribution >= 4 is 5.84 Å². The Kier molecular flexibility index (Phi) is 0.412. The Morgan fingerprint density at radius 3 is 2.86 bits per heavy atom. The first-order valence-corrected chi connectivity index (χ1v) is 2.69. The molecule has 0 amide bonds. The van der Waals surface area contributed by atoms with E-state index in [0.29, 0.717) is 6.04 Å². The molecular formula is C5H8N2. The third-order valence-corrected chi connectivity index (χ3v) is 1.63. The van der Waals surface area contributed by atoms with Gasteiger partial charge in [0.2, 0.25) is 0 Å². The second kappa shape index (κ2) is 0.831. The molecule has 2 unspecified atom stereocenters. The predicted molar refractivity (Wildman–Crippen MR) is 28.4 cm³/mol. The summed E-state index contributed by atoms with van der Waals surface area (Å²) < 4.78 is 0. The van der Waals surface area contributed by atoms with Gasteiger partial charge in [-0.2, -0.15) is 0 Å². The lowest BCUT2D eigenvalue weighted by atomic mass is 10.1. The van der Waals surface area contributed by atoms with Crippen LogP contribution < -0.4 is 5.32 Å². The van der Waals surface area contributed by atoms with Gasteiger partial charge >= 0.3 is 0 Å². The summed E-state index contributed by atoms with van der Waals surface area (Å²) in [5.74, 6) is 2.02. The predicted octanol–water partition coefficient (Wildman–Crippen LogP) is 0.00640.